The average molecular weight is 253 g/mol. The van der Waals surface area contributed by atoms with Crippen LogP contribution < -0.4 is 0 Å². The predicted octanol–water partition coefficient (Wildman–Crippen LogP) is 4.34. The monoisotopic (exact) mass is 251 g/mol. The highest BCUT2D eigenvalue weighted by molar-refractivity contribution is 7.18. The minimum absolute atomic E-state index is 0.410. The SMILES string of the molecule is ClCc1nc2c(Cl)cc(Cl)cc2s1. The highest BCUT2D eigenvalue weighted by atomic mass is 35.5. The molecule has 5 heteroatoms. The molecule has 0 N–H and O–H groups in total. The molecular weight excluding hydrogens is 249 g/mol. The second-order valence-electron chi connectivity index (χ2n) is 2.48. The topological polar surface area (TPSA) is 12.9 Å². The first-order valence-electron chi connectivity index (χ1n) is 3.51. The molecule has 0 bridgehead atoms. The van der Waals surface area contributed by atoms with Gasteiger partial charge in [-0.3, -0.25) is 0 Å². The van der Waals surface area contributed by atoms with E-state index in [9.17, 15) is 0 Å². The van der Waals surface area contributed by atoms with Crippen molar-refractivity contribution in [3.05, 3.63) is 27.2 Å². The number of rotatable bonds is 1. The summed E-state index contributed by atoms with van der Waals surface area (Å²) in [6.07, 6.45) is 0. The molecule has 0 radical (unpaired) electrons. The number of halogens is 3. The van der Waals surface area contributed by atoms with Crippen LogP contribution in [0.3, 0.4) is 0 Å². The van der Waals surface area contributed by atoms with Gasteiger partial charge in [-0.15, -0.1) is 22.9 Å². The Kier molecular flexibility index (Phi) is 2.65. The highest BCUT2D eigenvalue weighted by Crippen LogP contribution is 2.31. The standard InChI is InChI=1S/C8H4Cl3NS/c9-3-7-12-8-5(11)1-4(10)2-6(8)13-7/h1-2H,3H2. The number of nitrogens with zero attached hydrogens (tertiary/aromatic N) is 1. The summed E-state index contributed by atoms with van der Waals surface area (Å²) in [5.41, 5.74) is 0.784. The van der Waals surface area contributed by atoms with E-state index >= 15 is 0 Å². The molecule has 0 spiro atoms. The molecule has 2 aromatic rings. The fourth-order valence-corrected chi connectivity index (χ4v) is 2.82. The maximum absolute atomic E-state index is 5.95. The third-order valence-corrected chi connectivity index (χ3v) is 3.49. The number of benzene rings is 1. The van der Waals surface area contributed by atoms with Gasteiger partial charge in [-0.2, -0.15) is 0 Å². The zero-order chi connectivity index (χ0) is 9.42. The van der Waals surface area contributed by atoms with Crippen LogP contribution in [0.2, 0.25) is 10.0 Å². The summed E-state index contributed by atoms with van der Waals surface area (Å²) in [7, 11) is 0. The van der Waals surface area contributed by atoms with E-state index in [1.54, 1.807) is 6.07 Å². The van der Waals surface area contributed by atoms with E-state index in [1.807, 2.05) is 6.07 Å². The number of hydrogen-bond acceptors (Lipinski definition) is 2. The molecule has 0 amide bonds. The molecule has 0 aliphatic rings. The summed E-state index contributed by atoms with van der Waals surface area (Å²) in [5.74, 6) is 0.410. The van der Waals surface area contributed by atoms with Crippen molar-refractivity contribution in [2.75, 3.05) is 0 Å². The summed E-state index contributed by atoms with van der Waals surface area (Å²) in [6, 6.07) is 3.53. The number of thiazole rings is 1. The van der Waals surface area contributed by atoms with E-state index in [0.29, 0.717) is 15.9 Å². The van der Waals surface area contributed by atoms with E-state index in [2.05, 4.69) is 4.98 Å². The van der Waals surface area contributed by atoms with Crippen LogP contribution in [0.15, 0.2) is 12.1 Å². The smallest absolute Gasteiger partial charge is 0.109 e. The van der Waals surface area contributed by atoms with Gasteiger partial charge in [0, 0.05) is 5.02 Å². The van der Waals surface area contributed by atoms with Gasteiger partial charge >= 0.3 is 0 Å². The molecule has 0 atom stereocenters. The quantitative estimate of drug-likeness (QED) is 0.688. The van der Waals surface area contributed by atoms with Crippen molar-refractivity contribution in [1.82, 2.24) is 4.98 Å². The molecule has 1 aromatic heterocycles. The largest absolute Gasteiger partial charge is 0.238 e. The predicted molar refractivity (Wildman–Crippen MR) is 59.2 cm³/mol. The number of aromatic nitrogens is 1. The summed E-state index contributed by atoms with van der Waals surface area (Å²) in [6.45, 7) is 0. The van der Waals surface area contributed by atoms with Gasteiger partial charge in [0.25, 0.3) is 0 Å². The third-order valence-electron chi connectivity index (χ3n) is 1.57. The fourth-order valence-electron chi connectivity index (χ4n) is 1.06. The van der Waals surface area contributed by atoms with E-state index in [0.717, 1.165) is 15.2 Å². The normalized spacial score (nSPS) is 11.0. The molecule has 68 valence electrons. The third kappa shape index (κ3) is 1.77. The van der Waals surface area contributed by atoms with Crippen LogP contribution in [-0.4, -0.2) is 4.98 Å². The van der Waals surface area contributed by atoms with Crippen molar-refractivity contribution in [3.63, 3.8) is 0 Å². The van der Waals surface area contributed by atoms with Gasteiger partial charge in [-0.25, -0.2) is 4.98 Å². The van der Waals surface area contributed by atoms with Crippen molar-refractivity contribution in [1.29, 1.82) is 0 Å². The maximum atomic E-state index is 5.95. The molecule has 0 fully saturated rings. The molecule has 1 aromatic carbocycles. The van der Waals surface area contributed by atoms with Crippen LogP contribution in [-0.2, 0) is 5.88 Å². The maximum Gasteiger partial charge on any atom is 0.109 e. The van der Waals surface area contributed by atoms with Gasteiger partial charge in [-0.05, 0) is 12.1 Å². The first kappa shape index (κ1) is 9.53. The van der Waals surface area contributed by atoms with Gasteiger partial charge in [-0.1, -0.05) is 23.2 Å². The summed E-state index contributed by atoms with van der Waals surface area (Å²) in [4.78, 5) is 4.27. The number of alkyl halides is 1. The van der Waals surface area contributed by atoms with Crippen LogP contribution in [0.1, 0.15) is 5.01 Å². The van der Waals surface area contributed by atoms with Crippen LogP contribution in [0.25, 0.3) is 10.2 Å². The minimum Gasteiger partial charge on any atom is -0.238 e. The minimum atomic E-state index is 0.410. The van der Waals surface area contributed by atoms with E-state index in [1.165, 1.54) is 11.3 Å². The Bertz CT molecular complexity index is 452. The summed E-state index contributed by atoms with van der Waals surface area (Å²) >= 11 is 19.0. The van der Waals surface area contributed by atoms with E-state index < -0.39 is 0 Å². The molecule has 1 nitrogen and oxygen atoms in total. The molecule has 0 saturated carbocycles. The van der Waals surface area contributed by atoms with E-state index in [-0.39, 0.29) is 0 Å². The summed E-state index contributed by atoms with van der Waals surface area (Å²) in [5, 5.41) is 2.07. The lowest BCUT2D eigenvalue weighted by molar-refractivity contribution is 1.30. The lowest BCUT2D eigenvalue weighted by Crippen LogP contribution is -1.74. The Labute approximate surface area is 94.2 Å². The van der Waals surface area contributed by atoms with Crippen molar-refractivity contribution in [2.24, 2.45) is 0 Å². The molecule has 2 rings (SSSR count). The molecule has 0 unspecified atom stereocenters. The van der Waals surface area contributed by atoms with Gasteiger partial charge < -0.3 is 0 Å². The Morgan fingerprint density at radius 3 is 2.77 bits per heavy atom. The summed E-state index contributed by atoms with van der Waals surface area (Å²) < 4.78 is 0.980. The number of hydrogen-bond donors (Lipinski definition) is 0. The molecule has 13 heavy (non-hydrogen) atoms. The average Bonchev–Trinajstić information content (AvgIpc) is 2.47. The Morgan fingerprint density at radius 2 is 2.08 bits per heavy atom. The zero-order valence-electron chi connectivity index (χ0n) is 6.35. The molecule has 1 heterocycles. The second kappa shape index (κ2) is 3.62. The van der Waals surface area contributed by atoms with Gasteiger partial charge in [0.15, 0.2) is 0 Å². The van der Waals surface area contributed by atoms with Crippen LogP contribution in [0.4, 0.5) is 0 Å². The lowest BCUT2D eigenvalue weighted by Gasteiger charge is -1.92. The van der Waals surface area contributed by atoms with E-state index in [4.69, 9.17) is 34.8 Å². The van der Waals surface area contributed by atoms with Crippen molar-refractivity contribution in [2.45, 2.75) is 5.88 Å². The Balaban J connectivity index is 2.75. The van der Waals surface area contributed by atoms with Crippen molar-refractivity contribution < 1.29 is 0 Å². The zero-order valence-corrected chi connectivity index (χ0v) is 9.44. The first-order valence-corrected chi connectivity index (χ1v) is 5.62. The van der Waals surface area contributed by atoms with Crippen molar-refractivity contribution in [3.8, 4) is 0 Å². The van der Waals surface area contributed by atoms with Crippen LogP contribution in [0, 0.1) is 0 Å². The first-order chi connectivity index (χ1) is 6.20. The number of fused-ring (bicyclic) bond motifs is 1. The molecule has 0 aliphatic heterocycles. The Hall–Kier alpha value is -0.0200. The van der Waals surface area contributed by atoms with Gasteiger partial charge in [0.1, 0.15) is 10.5 Å². The van der Waals surface area contributed by atoms with Gasteiger partial charge in [0.2, 0.25) is 0 Å². The Morgan fingerprint density at radius 1 is 1.31 bits per heavy atom. The molecule has 0 saturated heterocycles. The molecular formula is C8H4Cl3NS. The lowest BCUT2D eigenvalue weighted by atomic mass is 10.3. The van der Waals surface area contributed by atoms with Crippen LogP contribution in [0.5, 0.6) is 0 Å². The van der Waals surface area contributed by atoms with Crippen molar-refractivity contribution >= 4 is 56.4 Å². The van der Waals surface area contributed by atoms with Gasteiger partial charge in [0.05, 0.1) is 15.6 Å². The fraction of sp³-hybridized carbons (Fsp3) is 0.125. The molecule has 0 aliphatic carbocycles. The second-order valence-corrected chi connectivity index (χ2v) is 4.70. The van der Waals surface area contributed by atoms with Crippen LogP contribution >= 0.6 is 46.1 Å². The highest BCUT2D eigenvalue weighted by Gasteiger charge is 2.07.